The molecule has 2 heterocycles. The SMILES string of the molecule is CC1(C)OB(C(=Cc2cccc(NN)n2)CNC(=O)OCC2c3ccccc3-c3ccccc32)OC1(C)C. The van der Waals surface area contributed by atoms with Crippen LogP contribution < -0.4 is 16.6 Å². The number of carbonyl (C=O) groups is 1. The molecular weight excluding hydrogens is 479 g/mol. The minimum Gasteiger partial charge on any atom is -0.449 e. The van der Waals surface area contributed by atoms with Crippen molar-refractivity contribution >= 4 is 25.1 Å². The van der Waals surface area contributed by atoms with E-state index in [0.29, 0.717) is 17.0 Å². The van der Waals surface area contributed by atoms with Crippen molar-refractivity contribution in [3.05, 3.63) is 89.0 Å². The molecule has 0 bridgehead atoms. The van der Waals surface area contributed by atoms with E-state index < -0.39 is 24.4 Å². The smallest absolute Gasteiger partial charge is 0.449 e. The van der Waals surface area contributed by atoms with Gasteiger partial charge in [-0.15, -0.1) is 0 Å². The zero-order valence-electron chi connectivity index (χ0n) is 22.2. The zero-order chi connectivity index (χ0) is 26.9. The third-order valence-corrected chi connectivity index (χ3v) is 7.59. The number of ether oxygens (including phenoxy) is 1. The summed E-state index contributed by atoms with van der Waals surface area (Å²) in [6.45, 7) is 8.35. The Kier molecular flexibility index (Phi) is 7.00. The van der Waals surface area contributed by atoms with Gasteiger partial charge in [0, 0.05) is 12.5 Å². The first-order valence-electron chi connectivity index (χ1n) is 12.8. The first kappa shape index (κ1) is 26.0. The number of rotatable bonds is 7. The topological polar surface area (TPSA) is 108 Å². The fraction of sp³-hybridized carbons (Fsp3) is 0.310. The number of hydrogen-bond acceptors (Lipinski definition) is 7. The van der Waals surface area contributed by atoms with Gasteiger partial charge in [0.2, 0.25) is 0 Å². The van der Waals surface area contributed by atoms with E-state index >= 15 is 0 Å². The van der Waals surface area contributed by atoms with Crippen molar-refractivity contribution in [1.82, 2.24) is 10.3 Å². The van der Waals surface area contributed by atoms with Crippen LogP contribution in [0.3, 0.4) is 0 Å². The van der Waals surface area contributed by atoms with E-state index in [1.165, 1.54) is 22.3 Å². The highest BCUT2D eigenvalue weighted by molar-refractivity contribution is 6.56. The van der Waals surface area contributed by atoms with Crippen LogP contribution in [0.25, 0.3) is 17.2 Å². The largest absolute Gasteiger partial charge is 0.492 e. The lowest BCUT2D eigenvalue weighted by Gasteiger charge is -2.32. The Morgan fingerprint density at radius 1 is 0.974 bits per heavy atom. The van der Waals surface area contributed by atoms with E-state index in [0.717, 1.165) is 0 Å². The number of carbonyl (C=O) groups excluding carboxylic acids is 1. The summed E-state index contributed by atoms with van der Waals surface area (Å²) in [5, 5.41) is 2.88. The van der Waals surface area contributed by atoms with Crippen molar-refractivity contribution in [2.24, 2.45) is 5.84 Å². The molecule has 0 saturated carbocycles. The fourth-order valence-electron chi connectivity index (χ4n) is 4.82. The number of hydrazine groups is 1. The number of alkyl carbamates (subject to hydrolysis) is 1. The molecule has 38 heavy (non-hydrogen) atoms. The Hall–Kier alpha value is -3.66. The first-order chi connectivity index (χ1) is 18.2. The number of amides is 1. The van der Waals surface area contributed by atoms with Gasteiger partial charge in [0.05, 0.1) is 16.9 Å². The van der Waals surface area contributed by atoms with Gasteiger partial charge in [-0.3, -0.25) is 0 Å². The summed E-state index contributed by atoms with van der Waals surface area (Å²) in [5.74, 6) is 6.04. The number of nitrogens with one attached hydrogen (secondary N) is 2. The standard InChI is InChI=1S/C29H33BN4O4/c1-28(2)29(3,4)38-30(37-28)19(16-20-10-9-15-26(33-20)34-31)17-32-27(35)36-18-25-23-13-7-5-11-21(23)22-12-6-8-14-24(22)25/h5-16,25H,17-18,31H2,1-4H3,(H,32,35)(H,33,34). The number of hydrogen-bond donors (Lipinski definition) is 3. The molecule has 2 aromatic carbocycles. The summed E-state index contributed by atoms with van der Waals surface area (Å²) >= 11 is 0. The van der Waals surface area contributed by atoms with Crippen LogP contribution in [-0.4, -0.2) is 42.5 Å². The highest BCUT2D eigenvalue weighted by Crippen LogP contribution is 2.44. The molecule has 1 aromatic heterocycles. The van der Waals surface area contributed by atoms with Crippen LogP contribution in [0.4, 0.5) is 10.6 Å². The van der Waals surface area contributed by atoms with Gasteiger partial charge in [-0.1, -0.05) is 54.6 Å². The van der Waals surface area contributed by atoms with Crippen LogP contribution in [-0.2, 0) is 14.0 Å². The van der Waals surface area contributed by atoms with Crippen molar-refractivity contribution in [3.63, 3.8) is 0 Å². The molecule has 0 radical (unpaired) electrons. The zero-order valence-corrected chi connectivity index (χ0v) is 22.2. The fourth-order valence-corrected chi connectivity index (χ4v) is 4.82. The summed E-state index contributed by atoms with van der Waals surface area (Å²) in [5.41, 5.74) is 7.55. The molecule has 0 atom stereocenters. The van der Waals surface area contributed by atoms with Crippen molar-refractivity contribution < 1.29 is 18.8 Å². The average Bonchev–Trinajstić information content (AvgIpc) is 3.34. The van der Waals surface area contributed by atoms with Gasteiger partial charge in [-0.05, 0) is 73.6 Å². The van der Waals surface area contributed by atoms with Gasteiger partial charge in [0.1, 0.15) is 12.4 Å². The second kappa shape index (κ2) is 10.2. The molecule has 1 saturated heterocycles. The number of nitrogens with two attached hydrogens (primary N) is 1. The van der Waals surface area contributed by atoms with E-state index in [1.807, 2.05) is 70.2 Å². The summed E-state index contributed by atoms with van der Waals surface area (Å²) in [6, 6.07) is 22.0. The van der Waals surface area contributed by atoms with E-state index in [9.17, 15) is 4.79 Å². The van der Waals surface area contributed by atoms with Crippen LogP contribution in [0.1, 0.15) is 50.4 Å². The van der Waals surface area contributed by atoms with Crippen LogP contribution in [0.2, 0.25) is 0 Å². The maximum absolute atomic E-state index is 12.9. The average molecular weight is 512 g/mol. The number of aromatic nitrogens is 1. The van der Waals surface area contributed by atoms with Gasteiger partial charge in [-0.2, -0.15) is 0 Å². The monoisotopic (exact) mass is 512 g/mol. The lowest BCUT2D eigenvalue weighted by Crippen LogP contribution is -2.41. The minimum absolute atomic E-state index is 0.0121. The van der Waals surface area contributed by atoms with Crippen molar-refractivity contribution in [2.75, 3.05) is 18.6 Å². The van der Waals surface area contributed by atoms with E-state index in [1.54, 1.807) is 6.07 Å². The molecule has 8 nitrogen and oxygen atoms in total. The van der Waals surface area contributed by atoms with Crippen molar-refractivity contribution in [1.29, 1.82) is 0 Å². The molecule has 3 aromatic rings. The molecule has 9 heteroatoms. The molecular formula is C29H33BN4O4. The minimum atomic E-state index is -0.662. The van der Waals surface area contributed by atoms with E-state index in [-0.39, 0.29) is 19.1 Å². The number of nitrogen functional groups attached to an aromatic ring is 1. The van der Waals surface area contributed by atoms with Gasteiger partial charge in [-0.25, -0.2) is 15.6 Å². The van der Waals surface area contributed by atoms with Crippen molar-refractivity contribution in [3.8, 4) is 11.1 Å². The molecule has 1 aliphatic carbocycles. The second-order valence-corrected chi connectivity index (χ2v) is 10.6. The number of anilines is 1. The lowest BCUT2D eigenvalue weighted by atomic mass is 9.77. The molecule has 1 amide bonds. The molecule has 196 valence electrons. The predicted molar refractivity (Wildman–Crippen MR) is 149 cm³/mol. The predicted octanol–water partition coefficient (Wildman–Crippen LogP) is 4.92. The van der Waals surface area contributed by atoms with Crippen molar-refractivity contribution in [2.45, 2.75) is 44.8 Å². The van der Waals surface area contributed by atoms with E-state index in [4.69, 9.17) is 19.9 Å². The molecule has 2 aliphatic rings. The van der Waals surface area contributed by atoms with Gasteiger partial charge >= 0.3 is 13.2 Å². The Balaban J connectivity index is 1.30. The summed E-state index contributed by atoms with van der Waals surface area (Å²) in [6.07, 6.45) is 1.33. The quantitative estimate of drug-likeness (QED) is 0.234. The molecule has 1 fully saturated rings. The highest BCUT2D eigenvalue weighted by atomic mass is 16.7. The summed E-state index contributed by atoms with van der Waals surface area (Å²) < 4.78 is 18.2. The maximum atomic E-state index is 12.9. The van der Waals surface area contributed by atoms with Crippen LogP contribution in [0.5, 0.6) is 0 Å². The Labute approximate surface area is 223 Å². The molecule has 5 rings (SSSR count). The number of pyridine rings is 1. The summed E-state index contributed by atoms with van der Waals surface area (Å²) in [4.78, 5) is 17.3. The molecule has 0 unspecified atom stereocenters. The number of nitrogens with zero attached hydrogens (tertiary/aromatic N) is 1. The van der Waals surface area contributed by atoms with Gasteiger partial charge < -0.3 is 24.8 Å². The Morgan fingerprint density at radius 2 is 1.58 bits per heavy atom. The van der Waals surface area contributed by atoms with E-state index in [2.05, 4.69) is 40.0 Å². The third kappa shape index (κ3) is 5.05. The first-order valence-corrected chi connectivity index (χ1v) is 12.8. The van der Waals surface area contributed by atoms with Gasteiger partial charge in [0.25, 0.3) is 0 Å². The third-order valence-electron chi connectivity index (χ3n) is 7.59. The maximum Gasteiger partial charge on any atom is 0.492 e. The number of benzene rings is 2. The highest BCUT2D eigenvalue weighted by Gasteiger charge is 2.52. The van der Waals surface area contributed by atoms with Crippen LogP contribution >= 0.6 is 0 Å². The summed E-state index contributed by atoms with van der Waals surface area (Å²) in [7, 11) is -0.662. The lowest BCUT2D eigenvalue weighted by molar-refractivity contribution is 0.00578. The molecule has 4 N–H and O–H groups in total. The molecule has 1 aliphatic heterocycles. The molecule has 0 spiro atoms. The Bertz CT molecular complexity index is 1310. The van der Waals surface area contributed by atoms with Gasteiger partial charge in [0.15, 0.2) is 0 Å². The second-order valence-electron chi connectivity index (χ2n) is 10.6. The Morgan fingerprint density at radius 3 is 2.18 bits per heavy atom. The number of fused-ring (bicyclic) bond motifs is 3. The normalized spacial score (nSPS) is 17.6. The van der Waals surface area contributed by atoms with Crippen LogP contribution in [0.15, 0.2) is 72.2 Å². The van der Waals surface area contributed by atoms with Crippen LogP contribution in [0, 0.1) is 0 Å².